The first-order chi connectivity index (χ1) is 7.24. The molecule has 0 unspecified atom stereocenters. The van der Waals surface area contributed by atoms with Gasteiger partial charge in [0.15, 0.2) is 5.89 Å². The first kappa shape index (κ1) is 8.71. The molecule has 1 aliphatic carbocycles. The summed E-state index contributed by atoms with van der Waals surface area (Å²) in [4.78, 5) is 8.67. The van der Waals surface area contributed by atoms with Crippen LogP contribution >= 0.6 is 0 Å². The Kier molecular flexibility index (Phi) is 1.71. The average molecular weight is 203 g/mol. The highest BCUT2D eigenvalue weighted by Gasteiger charge is 2.24. The highest BCUT2D eigenvalue weighted by atomic mass is 16.4. The molecule has 4 nitrogen and oxygen atoms in total. The van der Waals surface area contributed by atoms with Crippen LogP contribution < -0.4 is 5.73 Å². The molecule has 2 heterocycles. The Hall–Kier alpha value is -1.58. The Labute approximate surface area is 87.5 Å². The molecule has 3 rings (SSSR count). The minimum atomic E-state index is 0.528. The molecule has 0 spiro atoms. The highest BCUT2D eigenvalue weighted by Crippen LogP contribution is 2.38. The largest absolute Gasteiger partial charge is 0.423 e. The van der Waals surface area contributed by atoms with Crippen molar-refractivity contribution in [1.82, 2.24) is 9.97 Å². The number of oxazole rings is 1. The summed E-state index contributed by atoms with van der Waals surface area (Å²) in [5, 5.41) is 0. The lowest BCUT2D eigenvalue weighted by atomic mass is 9.82. The van der Waals surface area contributed by atoms with Crippen molar-refractivity contribution in [3.63, 3.8) is 0 Å². The van der Waals surface area contributed by atoms with Crippen molar-refractivity contribution >= 4 is 16.9 Å². The summed E-state index contributed by atoms with van der Waals surface area (Å²) in [5.41, 5.74) is 9.08. The number of fused-ring (bicyclic) bond motifs is 1. The van der Waals surface area contributed by atoms with Gasteiger partial charge in [-0.05, 0) is 18.9 Å². The van der Waals surface area contributed by atoms with Gasteiger partial charge in [0.1, 0.15) is 5.52 Å². The van der Waals surface area contributed by atoms with E-state index < -0.39 is 0 Å². The fourth-order valence-electron chi connectivity index (χ4n) is 2.01. The number of pyridine rings is 1. The van der Waals surface area contributed by atoms with Crippen molar-refractivity contribution in [3.8, 4) is 0 Å². The van der Waals surface area contributed by atoms with Crippen LogP contribution in [0.4, 0.5) is 5.69 Å². The number of nitrogen functional groups attached to an aromatic ring is 1. The third-order valence-corrected chi connectivity index (χ3v) is 3.04. The smallest absolute Gasteiger partial charge is 0.247 e. The summed E-state index contributed by atoms with van der Waals surface area (Å²) < 4.78 is 5.40. The minimum Gasteiger partial charge on any atom is -0.423 e. The summed E-state index contributed by atoms with van der Waals surface area (Å²) in [7, 11) is 0. The Bertz CT molecular complexity index is 514. The fourth-order valence-corrected chi connectivity index (χ4v) is 2.01. The summed E-state index contributed by atoms with van der Waals surface area (Å²) in [6, 6.07) is 1.87. The van der Waals surface area contributed by atoms with Gasteiger partial charge in [-0.2, -0.15) is 0 Å². The average Bonchev–Trinajstić information content (AvgIpc) is 2.42. The topological polar surface area (TPSA) is 64.9 Å². The van der Waals surface area contributed by atoms with E-state index in [9.17, 15) is 0 Å². The van der Waals surface area contributed by atoms with Crippen LogP contribution in [0.25, 0.3) is 11.2 Å². The standard InChI is InChI=1S/C11H13N3O/c1-6-13-9-5-8(12)10(7-3-2-4-7)14-11(9)15-6/h5,7H,2-4,12H2,1H3. The molecule has 0 saturated heterocycles. The van der Waals surface area contributed by atoms with Crippen molar-refractivity contribution in [2.75, 3.05) is 5.73 Å². The highest BCUT2D eigenvalue weighted by molar-refractivity contribution is 5.74. The van der Waals surface area contributed by atoms with Crippen molar-refractivity contribution in [1.29, 1.82) is 0 Å². The van der Waals surface area contributed by atoms with Crippen LogP contribution in [-0.4, -0.2) is 9.97 Å². The van der Waals surface area contributed by atoms with E-state index in [0.29, 0.717) is 17.5 Å². The van der Waals surface area contributed by atoms with Gasteiger partial charge in [0.2, 0.25) is 5.71 Å². The maximum Gasteiger partial charge on any atom is 0.247 e. The van der Waals surface area contributed by atoms with Crippen molar-refractivity contribution < 1.29 is 4.42 Å². The molecule has 0 radical (unpaired) electrons. The molecule has 0 atom stereocenters. The number of hydrogen-bond acceptors (Lipinski definition) is 4. The second kappa shape index (κ2) is 2.95. The lowest BCUT2D eigenvalue weighted by Crippen LogP contribution is -2.12. The Morgan fingerprint density at radius 1 is 1.40 bits per heavy atom. The first-order valence-electron chi connectivity index (χ1n) is 5.27. The maximum atomic E-state index is 5.96. The van der Waals surface area contributed by atoms with Gasteiger partial charge in [-0.25, -0.2) is 9.97 Å². The summed E-state index contributed by atoms with van der Waals surface area (Å²) in [6.45, 7) is 1.82. The summed E-state index contributed by atoms with van der Waals surface area (Å²) in [6.07, 6.45) is 3.66. The second-order valence-corrected chi connectivity index (χ2v) is 4.15. The molecular weight excluding hydrogens is 190 g/mol. The number of nitrogens with two attached hydrogens (primary N) is 1. The number of aromatic nitrogens is 2. The number of aryl methyl sites for hydroxylation is 1. The van der Waals surface area contributed by atoms with E-state index in [1.54, 1.807) is 0 Å². The van der Waals surface area contributed by atoms with E-state index in [1.807, 2.05) is 13.0 Å². The Morgan fingerprint density at radius 3 is 2.87 bits per heavy atom. The van der Waals surface area contributed by atoms with Gasteiger partial charge in [0.25, 0.3) is 0 Å². The van der Waals surface area contributed by atoms with Gasteiger partial charge in [-0.3, -0.25) is 0 Å². The van der Waals surface area contributed by atoms with E-state index in [2.05, 4.69) is 9.97 Å². The summed E-state index contributed by atoms with van der Waals surface area (Å²) in [5.74, 6) is 1.17. The number of hydrogen-bond donors (Lipinski definition) is 1. The van der Waals surface area contributed by atoms with E-state index in [4.69, 9.17) is 10.2 Å². The molecule has 1 aliphatic rings. The third-order valence-electron chi connectivity index (χ3n) is 3.04. The molecule has 1 saturated carbocycles. The quantitative estimate of drug-likeness (QED) is 0.772. The zero-order valence-electron chi connectivity index (χ0n) is 8.66. The van der Waals surface area contributed by atoms with Gasteiger partial charge in [0.05, 0.1) is 11.4 Å². The zero-order chi connectivity index (χ0) is 10.4. The normalized spacial score (nSPS) is 16.9. The van der Waals surface area contributed by atoms with Gasteiger partial charge in [-0.15, -0.1) is 0 Å². The SMILES string of the molecule is Cc1nc2cc(N)c(C3CCC3)nc2o1. The molecular formula is C11H13N3O. The monoisotopic (exact) mass is 203 g/mol. The molecule has 0 aliphatic heterocycles. The van der Waals surface area contributed by atoms with Gasteiger partial charge in [0, 0.05) is 12.8 Å². The lowest BCUT2D eigenvalue weighted by molar-refractivity contribution is 0.411. The number of nitrogens with zero attached hydrogens (tertiary/aromatic N) is 2. The molecule has 15 heavy (non-hydrogen) atoms. The van der Waals surface area contributed by atoms with Gasteiger partial charge in [-0.1, -0.05) is 6.42 Å². The van der Waals surface area contributed by atoms with Crippen LogP contribution in [0.2, 0.25) is 0 Å². The van der Waals surface area contributed by atoms with Gasteiger partial charge >= 0.3 is 0 Å². The molecule has 0 bridgehead atoms. The van der Waals surface area contributed by atoms with Crippen LogP contribution in [0, 0.1) is 6.92 Å². The van der Waals surface area contributed by atoms with Crippen LogP contribution in [0.1, 0.15) is 36.8 Å². The molecule has 2 aromatic rings. The van der Waals surface area contributed by atoms with Crippen LogP contribution in [0.15, 0.2) is 10.5 Å². The third kappa shape index (κ3) is 1.28. The van der Waals surface area contributed by atoms with E-state index >= 15 is 0 Å². The minimum absolute atomic E-state index is 0.528. The Balaban J connectivity index is 2.16. The van der Waals surface area contributed by atoms with Crippen molar-refractivity contribution in [2.45, 2.75) is 32.1 Å². The van der Waals surface area contributed by atoms with E-state index in [0.717, 1.165) is 16.9 Å². The molecule has 0 amide bonds. The molecule has 2 aromatic heterocycles. The Morgan fingerprint density at radius 2 is 2.20 bits per heavy atom. The van der Waals surface area contributed by atoms with E-state index in [-0.39, 0.29) is 0 Å². The molecule has 0 aromatic carbocycles. The molecule has 78 valence electrons. The van der Waals surface area contributed by atoms with Gasteiger partial charge < -0.3 is 10.2 Å². The molecule has 2 N–H and O–H groups in total. The van der Waals surface area contributed by atoms with Crippen LogP contribution in [-0.2, 0) is 0 Å². The maximum absolute atomic E-state index is 5.96. The van der Waals surface area contributed by atoms with Crippen LogP contribution in [0.3, 0.4) is 0 Å². The number of rotatable bonds is 1. The lowest BCUT2D eigenvalue weighted by Gasteiger charge is -2.25. The molecule has 4 heteroatoms. The number of anilines is 1. The zero-order valence-corrected chi connectivity index (χ0v) is 8.66. The molecule has 1 fully saturated rings. The van der Waals surface area contributed by atoms with Crippen molar-refractivity contribution in [2.24, 2.45) is 0 Å². The van der Waals surface area contributed by atoms with E-state index in [1.165, 1.54) is 19.3 Å². The van der Waals surface area contributed by atoms with Crippen LogP contribution in [0.5, 0.6) is 0 Å². The fraction of sp³-hybridized carbons (Fsp3) is 0.455. The summed E-state index contributed by atoms with van der Waals surface area (Å²) >= 11 is 0. The van der Waals surface area contributed by atoms with Crippen molar-refractivity contribution in [3.05, 3.63) is 17.7 Å². The predicted octanol–water partition coefficient (Wildman–Crippen LogP) is 2.38. The first-order valence-corrected chi connectivity index (χ1v) is 5.27. The predicted molar refractivity (Wildman–Crippen MR) is 57.5 cm³/mol. The second-order valence-electron chi connectivity index (χ2n) is 4.15.